The van der Waals surface area contributed by atoms with Crippen LogP contribution in [0.15, 0.2) is 59.6 Å². The minimum absolute atomic E-state index is 0.0342. The first kappa shape index (κ1) is 24.4. The molecule has 0 saturated heterocycles. The Bertz CT molecular complexity index is 1520. The van der Waals surface area contributed by atoms with E-state index in [4.69, 9.17) is 17.3 Å². The van der Waals surface area contributed by atoms with Gasteiger partial charge in [0.15, 0.2) is 0 Å². The Morgan fingerprint density at radius 1 is 0.972 bits per heavy atom. The topological polar surface area (TPSA) is 136 Å². The van der Waals surface area contributed by atoms with E-state index in [1.807, 2.05) is 18.2 Å². The molecule has 11 heteroatoms. The quantitative estimate of drug-likeness (QED) is 0.335. The fourth-order valence-corrected chi connectivity index (χ4v) is 5.77. The number of halogens is 1. The standard InChI is InChI=1S/C25H26ClN7O2S/c1-15-12-22(32-25(29-15)33-36(34,35)23-5-3-2-4-20(23)26)16-6-11-21-17(13-16)14-28-24(31-21)30-19-9-7-18(27)8-10-19/h2-6,11-14,18-19H,7-10,27H2,1H3,(H,28,30,31)(H,29,32,33). The van der Waals surface area contributed by atoms with Gasteiger partial charge in [-0.2, -0.15) is 0 Å². The highest BCUT2D eigenvalue weighted by Gasteiger charge is 2.20. The molecule has 186 valence electrons. The van der Waals surface area contributed by atoms with Crippen molar-refractivity contribution >= 4 is 44.4 Å². The van der Waals surface area contributed by atoms with Crippen LogP contribution in [-0.2, 0) is 10.0 Å². The average molecular weight is 524 g/mol. The number of fused-ring (bicyclic) bond motifs is 1. The summed E-state index contributed by atoms with van der Waals surface area (Å²) in [6.45, 7) is 1.78. The van der Waals surface area contributed by atoms with Gasteiger partial charge in [0.25, 0.3) is 10.0 Å². The summed E-state index contributed by atoms with van der Waals surface area (Å²) in [6.07, 6.45) is 5.80. The predicted molar refractivity (Wildman–Crippen MR) is 141 cm³/mol. The molecule has 1 fully saturated rings. The fraction of sp³-hybridized carbons (Fsp3) is 0.280. The van der Waals surface area contributed by atoms with E-state index in [0.29, 0.717) is 23.4 Å². The first-order chi connectivity index (χ1) is 17.3. The lowest BCUT2D eigenvalue weighted by Gasteiger charge is -2.26. The van der Waals surface area contributed by atoms with E-state index in [1.54, 1.807) is 31.3 Å². The number of hydrogen-bond donors (Lipinski definition) is 3. The average Bonchev–Trinajstić information content (AvgIpc) is 2.84. The lowest BCUT2D eigenvalue weighted by Crippen LogP contribution is -2.33. The van der Waals surface area contributed by atoms with Crippen LogP contribution in [0.3, 0.4) is 0 Å². The predicted octanol–water partition coefficient (Wildman–Crippen LogP) is 4.53. The van der Waals surface area contributed by atoms with Crippen molar-refractivity contribution in [2.75, 3.05) is 10.0 Å². The minimum atomic E-state index is -3.96. The number of benzene rings is 2. The molecule has 0 atom stereocenters. The van der Waals surface area contributed by atoms with Crippen LogP contribution in [0.1, 0.15) is 31.4 Å². The Labute approximate surface area is 214 Å². The molecular weight excluding hydrogens is 498 g/mol. The summed E-state index contributed by atoms with van der Waals surface area (Å²) in [5.41, 5.74) is 8.77. The summed E-state index contributed by atoms with van der Waals surface area (Å²) < 4.78 is 28.1. The van der Waals surface area contributed by atoms with Crippen LogP contribution >= 0.6 is 11.6 Å². The highest BCUT2D eigenvalue weighted by atomic mass is 35.5. The van der Waals surface area contributed by atoms with E-state index in [-0.39, 0.29) is 21.9 Å². The van der Waals surface area contributed by atoms with E-state index in [2.05, 4.69) is 30.0 Å². The first-order valence-corrected chi connectivity index (χ1v) is 13.6. The lowest BCUT2D eigenvalue weighted by atomic mass is 9.92. The summed E-state index contributed by atoms with van der Waals surface area (Å²) in [7, 11) is -3.96. The Morgan fingerprint density at radius 3 is 2.53 bits per heavy atom. The molecule has 0 unspecified atom stereocenters. The maximum atomic E-state index is 12.8. The highest BCUT2D eigenvalue weighted by molar-refractivity contribution is 7.92. The molecule has 0 radical (unpaired) electrons. The molecule has 4 aromatic rings. The van der Waals surface area contributed by atoms with Gasteiger partial charge in [0, 0.05) is 34.9 Å². The van der Waals surface area contributed by atoms with Gasteiger partial charge in [-0.1, -0.05) is 29.8 Å². The largest absolute Gasteiger partial charge is 0.351 e. The SMILES string of the molecule is Cc1cc(-c2ccc3nc(NC4CCC(N)CC4)ncc3c2)nc(NS(=O)(=O)c2ccccc2Cl)n1. The monoisotopic (exact) mass is 523 g/mol. The van der Waals surface area contributed by atoms with Gasteiger partial charge in [0.1, 0.15) is 4.90 Å². The van der Waals surface area contributed by atoms with Crippen molar-refractivity contribution in [3.63, 3.8) is 0 Å². The summed E-state index contributed by atoms with van der Waals surface area (Å²) in [5, 5.41) is 4.39. The summed E-state index contributed by atoms with van der Waals surface area (Å²) in [6, 6.07) is 14.3. The van der Waals surface area contributed by atoms with Gasteiger partial charge >= 0.3 is 0 Å². The zero-order valence-corrected chi connectivity index (χ0v) is 21.2. The Balaban J connectivity index is 1.39. The Kier molecular flexibility index (Phi) is 6.74. The number of sulfonamides is 1. The molecular formula is C25H26ClN7O2S. The second kappa shape index (κ2) is 9.96. The number of hydrogen-bond acceptors (Lipinski definition) is 8. The highest BCUT2D eigenvalue weighted by Crippen LogP contribution is 2.27. The molecule has 1 saturated carbocycles. The molecule has 0 bridgehead atoms. The number of aryl methyl sites for hydroxylation is 1. The van der Waals surface area contributed by atoms with E-state index in [9.17, 15) is 8.42 Å². The minimum Gasteiger partial charge on any atom is -0.351 e. The van der Waals surface area contributed by atoms with Crippen LogP contribution < -0.4 is 15.8 Å². The van der Waals surface area contributed by atoms with Gasteiger partial charge in [0.05, 0.1) is 16.2 Å². The van der Waals surface area contributed by atoms with E-state index in [0.717, 1.165) is 42.1 Å². The molecule has 9 nitrogen and oxygen atoms in total. The van der Waals surface area contributed by atoms with Crippen LogP contribution in [0.5, 0.6) is 0 Å². The molecule has 0 amide bonds. The third-order valence-corrected chi connectivity index (χ3v) is 8.01. The summed E-state index contributed by atoms with van der Waals surface area (Å²) in [4.78, 5) is 17.8. The number of anilines is 2. The summed E-state index contributed by atoms with van der Waals surface area (Å²) >= 11 is 6.08. The Morgan fingerprint density at radius 2 is 1.75 bits per heavy atom. The Hall–Kier alpha value is -3.34. The lowest BCUT2D eigenvalue weighted by molar-refractivity contribution is 0.410. The molecule has 1 aliphatic carbocycles. The van der Waals surface area contributed by atoms with Crippen molar-refractivity contribution in [2.45, 2.75) is 49.6 Å². The van der Waals surface area contributed by atoms with Crippen molar-refractivity contribution in [1.29, 1.82) is 0 Å². The smallest absolute Gasteiger partial charge is 0.265 e. The van der Waals surface area contributed by atoms with Gasteiger partial charge in [-0.05, 0) is 62.9 Å². The van der Waals surface area contributed by atoms with Crippen molar-refractivity contribution in [3.8, 4) is 11.3 Å². The number of nitrogens with two attached hydrogens (primary N) is 1. The normalized spacial score (nSPS) is 18.2. The molecule has 2 aromatic carbocycles. The number of nitrogens with zero attached hydrogens (tertiary/aromatic N) is 4. The number of nitrogens with one attached hydrogen (secondary N) is 2. The van der Waals surface area contributed by atoms with Gasteiger partial charge in [0.2, 0.25) is 11.9 Å². The van der Waals surface area contributed by atoms with Crippen molar-refractivity contribution in [3.05, 3.63) is 65.4 Å². The van der Waals surface area contributed by atoms with Gasteiger partial charge in [-0.15, -0.1) is 0 Å². The van der Waals surface area contributed by atoms with Crippen molar-refractivity contribution < 1.29 is 8.42 Å². The third kappa shape index (κ3) is 5.40. The second-order valence-corrected chi connectivity index (χ2v) is 11.0. The zero-order chi connectivity index (χ0) is 25.3. The molecule has 1 aliphatic rings. The van der Waals surface area contributed by atoms with Crippen LogP contribution in [0, 0.1) is 6.92 Å². The first-order valence-electron chi connectivity index (χ1n) is 11.7. The molecule has 2 heterocycles. The molecule has 0 aliphatic heterocycles. The van der Waals surface area contributed by atoms with Gasteiger partial charge in [-0.25, -0.2) is 33.1 Å². The zero-order valence-electron chi connectivity index (χ0n) is 19.6. The number of rotatable bonds is 6. The van der Waals surface area contributed by atoms with E-state index < -0.39 is 10.0 Å². The molecule has 0 spiro atoms. The van der Waals surface area contributed by atoms with Crippen LogP contribution in [0.4, 0.5) is 11.9 Å². The van der Waals surface area contributed by atoms with Crippen LogP contribution in [0.25, 0.3) is 22.2 Å². The van der Waals surface area contributed by atoms with Crippen LogP contribution in [0.2, 0.25) is 5.02 Å². The van der Waals surface area contributed by atoms with Gasteiger partial charge in [-0.3, -0.25) is 0 Å². The molecule has 4 N–H and O–H groups in total. The van der Waals surface area contributed by atoms with Crippen molar-refractivity contribution in [2.24, 2.45) is 5.73 Å². The fourth-order valence-electron chi connectivity index (χ4n) is 4.31. The van der Waals surface area contributed by atoms with Gasteiger partial charge < -0.3 is 11.1 Å². The summed E-state index contributed by atoms with van der Waals surface area (Å²) in [5.74, 6) is 0.567. The molecule has 36 heavy (non-hydrogen) atoms. The molecule has 5 rings (SSSR count). The maximum absolute atomic E-state index is 12.8. The number of aromatic nitrogens is 4. The second-order valence-electron chi connectivity index (χ2n) is 8.98. The third-order valence-electron chi connectivity index (χ3n) is 6.19. The van der Waals surface area contributed by atoms with E-state index in [1.165, 1.54) is 12.1 Å². The van der Waals surface area contributed by atoms with E-state index >= 15 is 0 Å². The molecule has 2 aromatic heterocycles. The van der Waals surface area contributed by atoms with Crippen molar-refractivity contribution in [1.82, 2.24) is 19.9 Å². The maximum Gasteiger partial charge on any atom is 0.265 e. The van der Waals surface area contributed by atoms with Crippen LogP contribution in [-0.4, -0.2) is 40.4 Å².